The normalized spacial score (nSPS) is 11.1. The van der Waals surface area contributed by atoms with Gasteiger partial charge in [-0.15, -0.1) is 16.4 Å². The van der Waals surface area contributed by atoms with Crippen molar-refractivity contribution in [3.05, 3.63) is 63.8 Å². The monoisotopic (exact) mass is 309 g/mol. The van der Waals surface area contributed by atoms with Crippen molar-refractivity contribution >= 4 is 22.5 Å². The van der Waals surface area contributed by atoms with E-state index < -0.39 is 0 Å². The Kier molecular flexibility index (Phi) is 3.05. The van der Waals surface area contributed by atoms with Gasteiger partial charge in [-0.3, -0.25) is 4.79 Å². The number of hydrogen-bond donors (Lipinski definition) is 1. The van der Waals surface area contributed by atoms with Crippen LogP contribution in [0.1, 0.15) is 5.56 Å². The molecule has 1 aromatic carbocycles. The molecule has 0 unspecified atom stereocenters. The van der Waals surface area contributed by atoms with E-state index in [0.29, 0.717) is 18.0 Å². The molecule has 0 aliphatic rings. The van der Waals surface area contributed by atoms with Crippen LogP contribution in [0.2, 0.25) is 0 Å². The average molecular weight is 309 g/mol. The van der Waals surface area contributed by atoms with Gasteiger partial charge in [0.25, 0.3) is 5.56 Å². The predicted molar refractivity (Wildman–Crippen MR) is 84.8 cm³/mol. The molecule has 108 valence electrons. The summed E-state index contributed by atoms with van der Waals surface area (Å²) in [4.78, 5) is 20.3. The van der Waals surface area contributed by atoms with Crippen LogP contribution in [0.25, 0.3) is 21.9 Å². The molecular formula is C15H11N5OS. The molecule has 0 amide bonds. The first kappa shape index (κ1) is 12.9. The van der Waals surface area contributed by atoms with Gasteiger partial charge in [0.1, 0.15) is 0 Å². The van der Waals surface area contributed by atoms with E-state index in [-0.39, 0.29) is 11.1 Å². The van der Waals surface area contributed by atoms with Crippen LogP contribution in [0.15, 0.2) is 52.6 Å². The minimum Gasteiger partial charge on any atom is -0.304 e. The summed E-state index contributed by atoms with van der Waals surface area (Å²) in [5, 5.41) is 9.95. The Morgan fingerprint density at radius 1 is 1.14 bits per heavy atom. The van der Waals surface area contributed by atoms with E-state index in [9.17, 15) is 4.79 Å². The Morgan fingerprint density at radius 3 is 2.77 bits per heavy atom. The Morgan fingerprint density at radius 2 is 2.00 bits per heavy atom. The number of aromatic amines is 1. The van der Waals surface area contributed by atoms with E-state index in [1.54, 1.807) is 4.68 Å². The maximum absolute atomic E-state index is 12.2. The van der Waals surface area contributed by atoms with Crippen molar-refractivity contribution in [3.8, 4) is 10.7 Å². The number of nitrogens with zero attached hydrogens (tertiary/aromatic N) is 4. The maximum Gasteiger partial charge on any atom is 0.281 e. The molecule has 0 aliphatic heterocycles. The number of hydrogen-bond acceptors (Lipinski definition) is 5. The molecule has 6 nitrogen and oxygen atoms in total. The number of aromatic nitrogens is 5. The van der Waals surface area contributed by atoms with E-state index in [0.717, 1.165) is 10.4 Å². The van der Waals surface area contributed by atoms with Crippen LogP contribution in [0.5, 0.6) is 0 Å². The molecule has 0 aliphatic carbocycles. The summed E-state index contributed by atoms with van der Waals surface area (Å²) in [6, 6.07) is 13.7. The van der Waals surface area contributed by atoms with Crippen molar-refractivity contribution in [1.82, 2.24) is 25.0 Å². The molecule has 4 rings (SSSR count). The molecular weight excluding hydrogens is 298 g/mol. The van der Waals surface area contributed by atoms with Crippen LogP contribution >= 0.6 is 11.3 Å². The van der Waals surface area contributed by atoms with Gasteiger partial charge in [0.2, 0.25) is 0 Å². The second kappa shape index (κ2) is 5.19. The number of benzene rings is 1. The Labute approximate surface area is 129 Å². The summed E-state index contributed by atoms with van der Waals surface area (Å²) >= 11 is 1.52. The van der Waals surface area contributed by atoms with Gasteiger partial charge in [0.15, 0.2) is 17.0 Å². The molecule has 0 fully saturated rings. The molecule has 0 spiro atoms. The van der Waals surface area contributed by atoms with Crippen molar-refractivity contribution in [1.29, 1.82) is 0 Å². The van der Waals surface area contributed by atoms with E-state index in [1.807, 2.05) is 47.8 Å². The lowest BCUT2D eigenvalue weighted by Crippen LogP contribution is -2.11. The fraction of sp³-hybridized carbons (Fsp3) is 0.0667. The second-order valence-corrected chi connectivity index (χ2v) is 5.74. The quantitative estimate of drug-likeness (QED) is 0.630. The largest absolute Gasteiger partial charge is 0.304 e. The van der Waals surface area contributed by atoms with E-state index >= 15 is 0 Å². The highest BCUT2D eigenvalue weighted by atomic mass is 32.1. The molecule has 4 aromatic rings. The van der Waals surface area contributed by atoms with Crippen molar-refractivity contribution in [2.45, 2.75) is 6.54 Å². The third-order valence-corrected chi connectivity index (χ3v) is 4.18. The van der Waals surface area contributed by atoms with Gasteiger partial charge in [-0.25, -0.2) is 9.67 Å². The summed E-state index contributed by atoms with van der Waals surface area (Å²) in [5.74, 6) is 0.545. The molecule has 0 bridgehead atoms. The van der Waals surface area contributed by atoms with Gasteiger partial charge in [-0.2, -0.15) is 0 Å². The zero-order chi connectivity index (χ0) is 14.9. The third-order valence-electron chi connectivity index (χ3n) is 3.30. The first-order chi connectivity index (χ1) is 10.8. The predicted octanol–water partition coefficient (Wildman–Crippen LogP) is 2.29. The number of nitrogens with one attached hydrogen (secondary N) is 1. The minimum atomic E-state index is -0.271. The summed E-state index contributed by atoms with van der Waals surface area (Å²) in [6.45, 7) is 0.525. The molecule has 0 saturated heterocycles. The molecule has 3 aromatic heterocycles. The van der Waals surface area contributed by atoms with Crippen molar-refractivity contribution in [3.63, 3.8) is 0 Å². The average Bonchev–Trinajstić information content (AvgIpc) is 3.19. The van der Waals surface area contributed by atoms with Crippen LogP contribution < -0.4 is 5.56 Å². The smallest absolute Gasteiger partial charge is 0.281 e. The zero-order valence-corrected chi connectivity index (χ0v) is 12.2. The summed E-state index contributed by atoms with van der Waals surface area (Å²) in [7, 11) is 0. The molecule has 3 heterocycles. The van der Waals surface area contributed by atoms with Gasteiger partial charge in [0.05, 0.1) is 11.4 Å². The van der Waals surface area contributed by atoms with E-state index in [1.165, 1.54) is 11.3 Å². The molecule has 7 heteroatoms. The third kappa shape index (κ3) is 2.21. The fourth-order valence-corrected chi connectivity index (χ4v) is 2.93. The van der Waals surface area contributed by atoms with E-state index in [2.05, 4.69) is 20.3 Å². The number of fused-ring (bicyclic) bond motifs is 1. The molecule has 22 heavy (non-hydrogen) atoms. The van der Waals surface area contributed by atoms with Crippen molar-refractivity contribution < 1.29 is 0 Å². The second-order valence-electron chi connectivity index (χ2n) is 4.80. The lowest BCUT2D eigenvalue weighted by molar-refractivity contribution is 0.664. The first-order valence-electron chi connectivity index (χ1n) is 6.72. The highest BCUT2D eigenvalue weighted by Crippen LogP contribution is 2.21. The van der Waals surface area contributed by atoms with Gasteiger partial charge in [-0.1, -0.05) is 41.6 Å². The summed E-state index contributed by atoms with van der Waals surface area (Å²) < 4.78 is 1.65. The molecule has 1 N–H and O–H groups in total. The minimum absolute atomic E-state index is 0.260. The topological polar surface area (TPSA) is 76.5 Å². The van der Waals surface area contributed by atoms with Crippen molar-refractivity contribution in [2.75, 3.05) is 0 Å². The van der Waals surface area contributed by atoms with Gasteiger partial charge >= 0.3 is 0 Å². The number of thiophene rings is 1. The number of H-pyrrole nitrogens is 1. The fourth-order valence-electron chi connectivity index (χ4n) is 2.26. The van der Waals surface area contributed by atoms with Crippen molar-refractivity contribution in [2.24, 2.45) is 0 Å². The van der Waals surface area contributed by atoms with Crippen LogP contribution in [0, 0.1) is 0 Å². The van der Waals surface area contributed by atoms with Crippen LogP contribution in [-0.2, 0) is 6.54 Å². The first-order valence-corrected chi connectivity index (χ1v) is 7.60. The standard InChI is InChI=1S/C15H11N5OS/c21-15-12-14(16-13(17-15)11-7-4-8-22-11)20(19-18-12)9-10-5-2-1-3-6-10/h1-8H,9H2,(H,16,17,21). The summed E-state index contributed by atoms with van der Waals surface area (Å²) in [6.07, 6.45) is 0. The number of rotatable bonds is 3. The highest BCUT2D eigenvalue weighted by molar-refractivity contribution is 7.13. The lowest BCUT2D eigenvalue weighted by Gasteiger charge is -2.02. The Hall–Kier alpha value is -2.80. The highest BCUT2D eigenvalue weighted by Gasteiger charge is 2.13. The van der Waals surface area contributed by atoms with Gasteiger partial charge < -0.3 is 4.98 Å². The molecule has 0 atom stereocenters. The maximum atomic E-state index is 12.2. The Balaban J connectivity index is 1.85. The van der Waals surface area contributed by atoms with Crippen LogP contribution in [0.4, 0.5) is 0 Å². The van der Waals surface area contributed by atoms with E-state index in [4.69, 9.17) is 0 Å². The molecule has 0 saturated carbocycles. The van der Waals surface area contributed by atoms with Gasteiger partial charge in [-0.05, 0) is 17.0 Å². The van der Waals surface area contributed by atoms with Gasteiger partial charge in [0, 0.05) is 0 Å². The Bertz CT molecular complexity index is 972. The summed E-state index contributed by atoms with van der Waals surface area (Å²) in [5.41, 5.74) is 1.56. The van der Waals surface area contributed by atoms with Crippen LogP contribution in [0.3, 0.4) is 0 Å². The lowest BCUT2D eigenvalue weighted by atomic mass is 10.2. The zero-order valence-electron chi connectivity index (χ0n) is 11.4. The van der Waals surface area contributed by atoms with Crippen LogP contribution in [-0.4, -0.2) is 25.0 Å². The molecule has 0 radical (unpaired) electrons. The SMILES string of the molecule is O=c1[nH]c(-c2cccs2)nc2c1nnn2Cc1ccccc1.